The third-order valence-corrected chi connectivity index (χ3v) is 10.7. The molecule has 1 saturated heterocycles. The van der Waals surface area contributed by atoms with Crippen molar-refractivity contribution in [3.05, 3.63) is 24.3 Å². The molecule has 1 amide bonds. The van der Waals surface area contributed by atoms with Crippen LogP contribution in [0, 0.1) is 0 Å². The number of carbonyl (C=O) groups excluding carboxylic acids is 1. The zero-order chi connectivity index (χ0) is 40.6. The minimum Gasteiger partial charge on any atom is -0.394 e. The molecule has 0 radical (unpaired) electrons. The first kappa shape index (κ1) is 51.6. The van der Waals surface area contributed by atoms with Crippen LogP contribution < -0.4 is 5.32 Å². The minimum atomic E-state index is -5.08. The highest BCUT2D eigenvalue weighted by molar-refractivity contribution is 7.80. The van der Waals surface area contributed by atoms with Gasteiger partial charge in [0.1, 0.15) is 24.4 Å². The maximum Gasteiger partial charge on any atom is 0.397 e. The van der Waals surface area contributed by atoms with Gasteiger partial charge in [0, 0.05) is 6.42 Å². The normalized spacial score (nSPS) is 21.8. The summed E-state index contributed by atoms with van der Waals surface area (Å²) < 4.78 is 47.5. The first-order chi connectivity index (χ1) is 26.5. The molecule has 2 unspecified atom stereocenters. The summed E-state index contributed by atoms with van der Waals surface area (Å²) in [6.45, 7) is 3.35. The van der Waals surface area contributed by atoms with Gasteiger partial charge in [0.15, 0.2) is 6.29 Å². The monoisotopic (exact) mass is 806 g/mol. The van der Waals surface area contributed by atoms with Gasteiger partial charge in [-0.3, -0.25) is 9.35 Å². The molecule has 13 heteroatoms. The average Bonchev–Trinajstić information content (AvgIpc) is 3.15. The van der Waals surface area contributed by atoms with E-state index in [2.05, 4.69) is 35.5 Å². The number of carbonyl (C=O) groups is 1. The van der Waals surface area contributed by atoms with Crippen LogP contribution in [-0.4, -0.2) is 95.4 Å². The molecule has 55 heavy (non-hydrogen) atoms. The number of allylic oxidation sites excluding steroid dienone is 3. The number of rotatable bonds is 36. The van der Waals surface area contributed by atoms with Crippen molar-refractivity contribution in [2.24, 2.45) is 0 Å². The quantitative estimate of drug-likeness (QED) is 0.0206. The molecule has 0 spiro atoms. The molecule has 0 bridgehead atoms. The van der Waals surface area contributed by atoms with Crippen LogP contribution in [-0.2, 0) is 28.9 Å². The fourth-order valence-corrected chi connectivity index (χ4v) is 7.31. The second-order valence-electron chi connectivity index (χ2n) is 15.3. The molecule has 0 aromatic rings. The Kier molecular flexibility index (Phi) is 31.5. The first-order valence-corrected chi connectivity index (χ1v) is 23.1. The van der Waals surface area contributed by atoms with Crippen molar-refractivity contribution in [1.29, 1.82) is 0 Å². The molecule has 1 heterocycles. The number of nitrogens with one attached hydrogen (secondary N) is 1. The molecule has 0 aromatic carbocycles. The highest BCUT2D eigenvalue weighted by atomic mass is 32.3. The lowest BCUT2D eigenvalue weighted by Crippen LogP contribution is -2.61. The van der Waals surface area contributed by atoms with Crippen LogP contribution >= 0.6 is 0 Å². The second-order valence-corrected chi connectivity index (χ2v) is 16.3. The van der Waals surface area contributed by atoms with Crippen molar-refractivity contribution in [2.75, 3.05) is 13.2 Å². The summed E-state index contributed by atoms with van der Waals surface area (Å²) in [6.07, 6.45) is 27.9. The Hall–Kier alpha value is -1.42. The highest BCUT2D eigenvalue weighted by Crippen LogP contribution is 2.26. The molecule has 0 aliphatic carbocycles. The smallest absolute Gasteiger partial charge is 0.394 e. The number of aliphatic hydroxyl groups excluding tert-OH is 4. The van der Waals surface area contributed by atoms with Crippen molar-refractivity contribution >= 4 is 16.3 Å². The zero-order valence-electron chi connectivity index (χ0n) is 34.2. The van der Waals surface area contributed by atoms with Gasteiger partial charge in [-0.2, -0.15) is 8.42 Å². The molecular formula is C42H79NO11S. The van der Waals surface area contributed by atoms with E-state index in [-0.39, 0.29) is 18.9 Å². The third-order valence-electron chi connectivity index (χ3n) is 10.2. The van der Waals surface area contributed by atoms with Crippen LogP contribution in [0.3, 0.4) is 0 Å². The Morgan fingerprint density at radius 3 is 1.64 bits per heavy atom. The maximum absolute atomic E-state index is 13.0. The Labute approximate surface area is 333 Å². The van der Waals surface area contributed by atoms with Crippen molar-refractivity contribution in [1.82, 2.24) is 5.32 Å². The van der Waals surface area contributed by atoms with Gasteiger partial charge in [-0.25, -0.2) is 4.18 Å². The van der Waals surface area contributed by atoms with Gasteiger partial charge in [0.25, 0.3) is 0 Å². The van der Waals surface area contributed by atoms with E-state index in [9.17, 15) is 33.6 Å². The number of hydrogen-bond acceptors (Lipinski definition) is 10. The lowest BCUT2D eigenvalue weighted by Gasteiger charge is -2.41. The molecule has 0 saturated carbocycles. The fraction of sp³-hybridized carbons (Fsp3) is 0.881. The second kappa shape index (κ2) is 33.5. The van der Waals surface area contributed by atoms with Gasteiger partial charge < -0.3 is 35.2 Å². The van der Waals surface area contributed by atoms with Crippen LogP contribution in [0.4, 0.5) is 0 Å². The molecule has 1 aliphatic heterocycles. The summed E-state index contributed by atoms with van der Waals surface area (Å²) in [7, 11) is -5.08. The number of unbranched alkanes of at least 4 members (excludes halogenated alkanes) is 22. The van der Waals surface area contributed by atoms with Crippen molar-refractivity contribution in [2.45, 2.75) is 224 Å². The molecule has 324 valence electrons. The molecule has 0 aromatic heterocycles. The summed E-state index contributed by atoms with van der Waals surface area (Å²) >= 11 is 0. The van der Waals surface area contributed by atoms with Gasteiger partial charge in [-0.05, 0) is 44.9 Å². The van der Waals surface area contributed by atoms with Crippen LogP contribution in [0.25, 0.3) is 0 Å². The van der Waals surface area contributed by atoms with Crippen molar-refractivity contribution < 1.29 is 51.8 Å². The fourth-order valence-electron chi connectivity index (χ4n) is 6.80. The van der Waals surface area contributed by atoms with E-state index >= 15 is 0 Å². The summed E-state index contributed by atoms with van der Waals surface area (Å²) in [5.41, 5.74) is 0. The molecule has 6 N–H and O–H groups in total. The van der Waals surface area contributed by atoms with Gasteiger partial charge in [0.05, 0.1) is 25.4 Å². The molecule has 1 rings (SSSR count). The predicted molar refractivity (Wildman–Crippen MR) is 218 cm³/mol. The van der Waals surface area contributed by atoms with E-state index < -0.39 is 59.9 Å². The predicted octanol–water partition coefficient (Wildman–Crippen LogP) is 7.77. The van der Waals surface area contributed by atoms with Crippen molar-refractivity contribution in [3.63, 3.8) is 0 Å². The van der Waals surface area contributed by atoms with Crippen LogP contribution in [0.5, 0.6) is 0 Å². The highest BCUT2D eigenvalue weighted by Gasteiger charge is 2.48. The number of ether oxygens (including phenoxy) is 2. The van der Waals surface area contributed by atoms with Gasteiger partial charge in [-0.15, -0.1) is 0 Å². The topological polar surface area (TPSA) is 192 Å². The van der Waals surface area contributed by atoms with E-state index in [1.165, 1.54) is 96.3 Å². The average molecular weight is 806 g/mol. The van der Waals surface area contributed by atoms with Gasteiger partial charge >= 0.3 is 10.4 Å². The summed E-state index contributed by atoms with van der Waals surface area (Å²) in [6, 6.07) is -0.944. The molecule has 12 nitrogen and oxygen atoms in total. The Morgan fingerprint density at radius 1 is 0.709 bits per heavy atom. The maximum atomic E-state index is 13.0. The number of hydrogen-bond donors (Lipinski definition) is 6. The Morgan fingerprint density at radius 2 is 1.16 bits per heavy atom. The molecule has 1 fully saturated rings. The van der Waals surface area contributed by atoms with Crippen LogP contribution in [0.15, 0.2) is 24.3 Å². The van der Waals surface area contributed by atoms with Crippen LogP contribution in [0.1, 0.15) is 181 Å². The van der Waals surface area contributed by atoms with E-state index in [1.54, 1.807) is 6.08 Å². The molecule has 1 aliphatic rings. The van der Waals surface area contributed by atoms with Crippen LogP contribution in [0.2, 0.25) is 0 Å². The standard InChI is InChI=1S/C42H79NO11S/c1-3-5-7-9-11-13-15-17-18-20-22-24-26-28-30-32-38(46)43-35(36(45)31-29-27-25-23-21-19-16-14-12-10-8-6-4-2)34-52-42-40(48)41(54-55(49,50)51)39(47)37(33-44)53-42/h17-18,29,31,35-37,39-42,44-45,47-48H,3-16,19-28,30,32-34H2,1-2H3,(H,43,46)(H,49,50,51)/t35-,36+,37+,39-,40?,41?,42+/m0/s1. The lowest BCUT2D eigenvalue weighted by atomic mass is 9.99. The van der Waals surface area contributed by atoms with Crippen molar-refractivity contribution in [3.8, 4) is 0 Å². The summed E-state index contributed by atoms with van der Waals surface area (Å²) in [5, 5.41) is 44.6. The largest absolute Gasteiger partial charge is 0.397 e. The molecule has 7 atom stereocenters. The number of amides is 1. The zero-order valence-corrected chi connectivity index (χ0v) is 35.1. The van der Waals surface area contributed by atoms with E-state index in [0.717, 1.165) is 57.8 Å². The Bertz CT molecular complexity index is 1090. The first-order valence-electron chi connectivity index (χ1n) is 21.7. The lowest BCUT2D eigenvalue weighted by molar-refractivity contribution is -0.298. The van der Waals surface area contributed by atoms with E-state index in [0.29, 0.717) is 6.42 Å². The number of aliphatic hydroxyl groups is 4. The summed E-state index contributed by atoms with van der Waals surface area (Å²) in [4.78, 5) is 13.0. The SMILES string of the molecule is CCCCCCCCC=CCCCCCCCC(=O)N[C@@H](CO[C@@H]1O[C@H](CO)[C@H](O)C(OS(=O)(=O)O)C1O)[C@H](O)C=CCCCCCCCCCCCCC. The van der Waals surface area contributed by atoms with Gasteiger partial charge in [0.2, 0.25) is 5.91 Å². The van der Waals surface area contributed by atoms with Gasteiger partial charge in [-0.1, -0.05) is 154 Å². The summed E-state index contributed by atoms with van der Waals surface area (Å²) in [5.74, 6) is -0.273. The van der Waals surface area contributed by atoms with E-state index in [1.807, 2.05) is 6.08 Å². The van der Waals surface area contributed by atoms with E-state index in [4.69, 9.17) is 14.0 Å². The molecular weight excluding hydrogens is 727 g/mol. The third kappa shape index (κ3) is 27.0. The Balaban J connectivity index is 2.58. The minimum absolute atomic E-state index is 0.259.